The van der Waals surface area contributed by atoms with Crippen molar-refractivity contribution in [3.63, 3.8) is 0 Å². The Morgan fingerprint density at radius 1 is 0.908 bits per heavy atom. The van der Waals surface area contributed by atoms with Gasteiger partial charge >= 0.3 is 0 Å². The van der Waals surface area contributed by atoms with Gasteiger partial charge in [0.05, 0.1) is 11.8 Å². The maximum absolute atomic E-state index is 14.6. The van der Waals surface area contributed by atoms with Crippen LogP contribution in [0, 0.1) is 18.3 Å². The summed E-state index contributed by atoms with van der Waals surface area (Å²) in [6.45, 7) is 9.70. The molecule has 5 amide bonds. The lowest BCUT2D eigenvalue weighted by molar-refractivity contribution is -0.141. The molecule has 19 nitrogen and oxygen atoms in total. The molecule has 19 heteroatoms. The molecule has 0 unspecified atom stereocenters. The first kappa shape index (κ1) is 49.0. The Bertz CT molecular complexity index is 2410. The SMILES string of the molecule is Cc1nc(-c2ccc(C(C)(C)C)cc2)nnc1C(=O)N[C@@H](CCN)C(=O)N(C)[C@@H]1C(=O)N[C@@H](C)C(=O)N[C@H](C(=O)NCC#N)Cc2ccc(OCCN)c(c2)-c2cc1ccc2OCCN. The standard InChI is InChI=1S/C46H58N12O7/c1-26-38(56-57-40(52-26)29-8-11-31(12-9-29)46(3,4)5)43(61)54-34(15-16-47)45(63)58(6)39-30-10-14-37(65-22-19-50)33(25-30)32-23-28(7-13-36(32)64-21-18-49)24-35(42(60)51-20-17-48)55-41(59)27(2)53-44(39)62/h7-14,23,25,27,34-35,39H,15-16,18-22,24,47,49-50H2,1-6H3,(H,51,60)(H,53,62)(H,54,61)(H,55,59)/t27-,34-,35-,39-/m0/s1. The molecular weight excluding hydrogens is 833 g/mol. The third-order valence-corrected chi connectivity index (χ3v) is 10.7. The molecule has 0 fully saturated rings. The second-order valence-electron chi connectivity index (χ2n) is 16.6. The van der Waals surface area contributed by atoms with Crippen molar-refractivity contribution in [2.75, 3.05) is 46.4 Å². The molecule has 3 aromatic carbocycles. The molecule has 0 aliphatic carbocycles. The molecule has 0 saturated carbocycles. The van der Waals surface area contributed by atoms with E-state index >= 15 is 0 Å². The first-order chi connectivity index (χ1) is 31.0. The number of rotatable bonds is 15. The lowest BCUT2D eigenvalue weighted by Crippen LogP contribution is -2.56. The molecule has 4 bridgehead atoms. The summed E-state index contributed by atoms with van der Waals surface area (Å²) in [5.74, 6) is -2.45. The number of hydrogen-bond donors (Lipinski definition) is 7. The highest BCUT2D eigenvalue weighted by Crippen LogP contribution is 2.40. The highest BCUT2D eigenvalue weighted by atomic mass is 16.5. The second-order valence-corrected chi connectivity index (χ2v) is 16.6. The molecule has 1 aliphatic rings. The van der Waals surface area contributed by atoms with Crippen LogP contribution < -0.4 is 47.9 Å². The quantitative estimate of drug-likeness (QED) is 0.0829. The fourth-order valence-electron chi connectivity index (χ4n) is 7.21. The van der Waals surface area contributed by atoms with Crippen molar-refractivity contribution in [3.05, 3.63) is 88.7 Å². The Kier molecular flexibility index (Phi) is 16.6. The van der Waals surface area contributed by atoms with Gasteiger partial charge in [-0.3, -0.25) is 24.0 Å². The molecule has 5 rings (SSSR count). The molecule has 0 radical (unpaired) electrons. The molecule has 344 valence electrons. The predicted octanol–water partition coefficient (Wildman–Crippen LogP) is 1.32. The number of nitrogens with zero attached hydrogens (tertiary/aromatic N) is 5. The molecule has 4 atom stereocenters. The number of benzene rings is 3. The summed E-state index contributed by atoms with van der Waals surface area (Å²) >= 11 is 0. The van der Waals surface area contributed by atoms with E-state index in [0.29, 0.717) is 45.1 Å². The molecular formula is C46H58N12O7. The smallest absolute Gasteiger partial charge is 0.274 e. The Labute approximate surface area is 378 Å². The zero-order valence-corrected chi connectivity index (χ0v) is 37.6. The monoisotopic (exact) mass is 890 g/mol. The lowest BCUT2D eigenvalue weighted by atomic mass is 9.87. The Morgan fingerprint density at radius 2 is 1.55 bits per heavy atom. The van der Waals surface area contributed by atoms with Crippen LogP contribution in [-0.2, 0) is 31.0 Å². The van der Waals surface area contributed by atoms with Crippen molar-refractivity contribution < 1.29 is 33.4 Å². The van der Waals surface area contributed by atoms with E-state index in [1.807, 2.05) is 30.3 Å². The van der Waals surface area contributed by atoms with Crippen LogP contribution in [-0.4, -0.2) is 114 Å². The summed E-state index contributed by atoms with van der Waals surface area (Å²) in [5, 5.41) is 28.2. The van der Waals surface area contributed by atoms with Crippen LogP contribution in [0.1, 0.15) is 73.0 Å². The van der Waals surface area contributed by atoms with Gasteiger partial charge in [0.25, 0.3) is 5.91 Å². The van der Waals surface area contributed by atoms with Crippen LogP contribution in [0.4, 0.5) is 0 Å². The zero-order chi connectivity index (χ0) is 47.4. The maximum atomic E-state index is 14.6. The molecule has 1 aromatic heterocycles. The van der Waals surface area contributed by atoms with E-state index in [1.54, 1.807) is 43.3 Å². The van der Waals surface area contributed by atoms with Gasteiger partial charge in [-0.2, -0.15) is 5.26 Å². The number of hydrogen-bond acceptors (Lipinski definition) is 14. The Balaban J connectivity index is 1.55. The molecule has 0 saturated heterocycles. The summed E-state index contributed by atoms with van der Waals surface area (Å²) in [5.41, 5.74) is 21.4. The average molecular weight is 891 g/mol. The summed E-state index contributed by atoms with van der Waals surface area (Å²) in [6, 6.07) is 14.7. The second kappa shape index (κ2) is 22.1. The van der Waals surface area contributed by atoms with E-state index in [0.717, 1.165) is 10.5 Å². The van der Waals surface area contributed by atoms with Gasteiger partial charge in [-0.05, 0) is 73.2 Å². The van der Waals surface area contributed by atoms with Crippen molar-refractivity contribution in [2.45, 2.75) is 77.0 Å². The van der Waals surface area contributed by atoms with E-state index in [2.05, 4.69) is 57.2 Å². The summed E-state index contributed by atoms with van der Waals surface area (Å²) in [7, 11) is 1.40. The molecule has 4 aromatic rings. The molecule has 0 spiro atoms. The highest BCUT2D eigenvalue weighted by Gasteiger charge is 2.36. The minimum absolute atomic E-state index is 0.00258. The van der Waals surface area contributed by atoms with Crippen molar-refractivity contribution in [2.24, 2.45) is 17.2 Å². The van der Waals surface area contributed by atoms with Crippen LogP contribution in [0.2, 0.25) is 0 Å². The third-order valence-electron chi connectivity index (χ3n) is 10.7. The number of aryl methyl sites for hydroxylation is 1. The number of nitrogens with two attached hydrogens (primary N) is 3. The van der Waals surface area contributed by atoms with Gasteiger partial charge in [-0.15, -0.1) is 10.2 Å². The highest BCUT2D eigenvalue weighted by molar-refractivity contribution is 5.99. The normalized spacial score (nSPS) is 16.7. The number of fused-ring (bicyclic) bond motifs is 5. The van der Waals surface area contributed by atoms with Crippen molar-refractivity contribution in [1.82, 2.24) is 41.3 Å². The van der Waals surface area contributed by atoms with Gasteiger partial charge in [-0.1, -0.05) is 57.2 Å². The van der Waals surface area contributed by atoms with Gasteiger partial charge in [-0.25, -0.2) is 4.98 Å². The number of ether oxygens (including phenoxy) is 2. The third kappa shape index (κ3) is 12.2. The van der Waals surface area contributed by atoms with Crippen LogP contribution >= 0.6 is 0 Å². The maximum Gasteiger partial charge on any atom is 0.274 e. The number of carbonyl (C=O) groups excluding carboxylic acids is 5. The van der Waals surface area contributed by atoms with Gasteiger partial charge in [0, 0.05) is 43.2 Å². The van der Waals surface area contributed by atoms with Crippen LogP contribution in [0.3, 0.4) is 0 Å². The molecule has 2 heterocycles. The van der Waals surface area contributed by atoms with Gasteiger partial charge in [0.1, 0.15) is 55.4 Å². The zero-order valence-electron chi connectivity index (χ0n) is 37.6. The fraction of sp³-hybridized carbons (Fsp3) is 0.413. The van der Waals surface area contributed by atoms with Crippen LogP contribution in [0.15, 0.2) is 60.7 Å². The average Bonchev–Trinajstić information content (AvgIpc) is 3.28. The molecule has 10 N–H and O–H groups in total. The lowest BCUT2D eigenvalue weighted by Gasteiger charge is -2.32. The predicted molar refractivity (Wildman–Crippen MR) is 242 cm³/mol. The van der Waals surface area contributed by atoms with E-state index < -0.39 is 53.7 Å². The number of amides is 5. The van der Waals surface area contributed by atoms with Crippen molar-refractivity contribution >= 4 is 29.5 Å². The summed E-state index contributed by atoms with van der Waals surface area (Å²) in [4.78, 5) is 75.7. The van der Waals surface area contributed by atoms with E-state index in [9.17, 15) is 24.0 Å². The fourth-order valence-corrected chi connectivity index (χ4v) is 7.21. The Hall–Kier alpha value is -7.01. The van der Waals surface area contributed by atoms with Crippen LogP contribution in [0.25, 0.3) is 22.5 Å². The van der Waals surface area contributed by atoms with E-state index in [-0.39, 0.29) is 69.0 Å². The molecule has 1 aliphatic heterocycles. The number of likely N-dealkylation sites (N-methyl/N-ethyl adjacent to an activating group) is 1. The van der Waals surface area contributed by atoms with Gasteiger partial charge in [0.15, 0.2) is 11.5 Å². The Morgan fingerprint density at radius 3 is 2.15 bits per heavy atom. The van der Waals surface area contributed by atoms with Gasteiger partial charge < -0.3 is 52.8 Å². The number of nitrogens with one attached hydrogen (secondary N) is 4. The number of carbonyl (C=O) groups is 5. The van der Waals surface area contributed by atoms with E-state index in [1.165, 1.54) is 14.0 Å². The largest absolute Gasteiger partial charge is 0.492 e. The van der Waals surface area contributed by atoms with Crippen molar-refractivity contribution in [1.29, 1.82) is 5.26 Å². The van der Waals surface area contributed by atoms with Crippen LogP contribution in [0.5, 0.6) is 11.5 Å². The molecule has 65 heavy (non-hydrogen) atoms. The minimum Gasteiger partial charge on any atom is -0.492 e. The first-order valence-electron chi connectivity index (χ1n) is 21.3. The topological polar surface area (TPSA) is 296 Å². The minimum atomic E-state index is -1.42. The first-order valence-corrected chi connectivity index (χ1v) is 21.3. The van der Waals surface area contributed by atoms with E-state index in [4.69, 9.17) is 31.9 Å². The number of nitriles is 1. The summed E-state index contributed by atoms with van der Waals surface area (Å²) < 4.78 is 12.2. The number of aromatic nitrogens is 3. The summed E-state index contributed by atoms with van der Waals surface area (Å²) in [6.07, 6.45) is -0.0292. The van der Waals surface area contributed by atoms with Gasteiger partial charge in [0.2, 0.25) is 23.6 Å². The van der Waals surface area contributed by atoms with Crippen molar-refractivity contribution in [3.8, 4) is 40.1 Å².